The van der Waals surface area contributed by atoms with E-state index in [0.29, 0.717) is 17.1 Å². The molecule has 90 valence electrons. The monoisotopic (exact) mass is 233 g/mol. The molecule has 2 aromatic rings. The summed E-state index contributed by atoms with van der Waals surface area (Å²) >= 11 is 0. The van der Waals surface area contributed by atoms with Gasteiger partial charge < -0.3 is 9.73 Å². The minimum Gasteiger partial charge on any atom is -0.466 e. The number of anilines is 1. The molecule has 0 aliphatic heterocycles. The largest absolute Gasteiger partial charge is 0.466 e. The Hall–Kier alpha value is -2.04. The lowest BCUT2D eigenvalue weighted by Gasteiger charge is -2.03. The van der Waals surface area contributed by atoms with E-state index in [2.05, 4.69) is 10.4 Å². The van der Waals surface area contributed by atoms with E-state index in [0.717, 1.165) is 11.5 Å². The van der Waals surface area contributed by atoms with Crippen molar-refractivity contribution in [2.45, 2.75) is 20.8 Å². The van der Waals surface area contributed by atoms with Crippen molar-refractivity contribution >= 4 is 11.7 Å². The summed E-state index contributed by atoms with van der Waals surface area (Å²) in [5, 5.41) is 6.97. The Labute approximate surface area is 99.4 Å². The van der Waals surface area contributed by atoms with Crippen LogP contribution in [0.3, 0.4) is 0 Å². The van der Waals surface area contributed by atoms with Gasteiger partial charge in [0.1, 0.15) is 17.3 Å². The summed E-state index contributed by atoms with van der Waals surface area (Å²) in [6.45, 7) is 5.47. The van der Waals surface area contributed by atoms with Crippen molar-refractivity contribution in [3.05, 3.63) is 34.9 Å². The highest BCUT2D eigenvalue weighted by Crippen LogP contribution is 2.16. The number of nitrogens with one attached hydrogen (secondary N) is 1. The second kappa shape index (κ2) is 4.08. The summed E-state index contributed by atoms with van der Waals surface area (Å²) < 4.78 is 6.96. The Morgan fingerprint density at radius 3 is 2.53 bits per heavy atom. The van der Waals surface area contributed by atoms with Gasteiger partial charge in [-0.25, -0.2) is 0 Å². The van der Waals surface area contributed by atoms with Crippen LogP contribution in [0.5, 0.6) is 0 Å². The molecule has 0 atom stereocenters. The van der Waals surface area contributed by atoms with Gasteiger partial charge in [0.15, 0.2) is 0 Å². The summed E-state index contributed by atoms with van der Waals surface area (Å²) in [7, 11) is 1.79. The number of carbonyl (C=O) groups excluding carboxylic acids is 1. The van der Waals surface area contributed by atoms with E-state index in [9.17, 15) is 4.79 Å². The molecule has 2 rings (SSSR count). The van der Waals surface area contributed by atoms with Gasteiger partial charge in [0.2, 0.25) is 0 Å². The first-order valence-corrected chi connectivity index (χ1v) is 5.36. The van der Waals surface area contributed by atoms with Gasteiger partial charge in [-0.2, -0.15) is 5.10 Å². The average molecular weight is 233 g/mol. The predicted molar refractivity (Wildman–Crippen MR) is 64.1 cm³/mol. The molecule has 5 nitrogen and oxygen atoms in total. The summed E-state index contributed by atoms with van der Waals surface area (Å²) in [5.41, 5.74) is 1.42. The lowest BCUT2D eigenvalue weighted by Crippen LogP contribution is -2.14. The molecule has 17 heavy (non-hydrogen) atoms. The van der Waals surface area contributed by atoms with E-state index in [4.69, 9.17) is 4.42 Å². The average Bonchev–Trinajstić information content (AvgIpc) is 2.70. The molecule has 5 heteroatoms. The van der Waals surface area contributed by atoms with Crippen LogP contribution in [0, 0.1) is 20.8 Å². The van der Waals surface area contributed by atoms with Crippen molar-refractivity contribution < 1.29 is 9.21 Å². The van der Waals surface area contributed by atoms with Crippen LogP contribution in [0.15, 0.2) is 16.5 Å². The second-order valence-electron chi connectivity index (χ2n) is 4.08. The van der Waals surface area contributed by atoms with Crippen LogP contribution >= 0.6 is 0 Å². The molecule has 0 bridgehead atoms. The van der Waals surface area contributed by atoms with Crippen molar-refractivity contribution in [3.8, 4) is 0 Å². The van der Waals surface area contributed by atoms with Crippen LogP contribution < -0.4 is 5.32 Å². The van der Waals surface area contributed by atoms with Gasteiger partial charge in [0.05, 0.1) is 11.3 Å². The van der Waals surface area contributed by atoms with Crippen LogP contribution in [0.2, 0.25) is 0 Å². The SMILES string of the molecule is Cc1cc(NC(=O)c2cc(C)oc2C)n(C)n1. The van der Waals surface area contributed by atoms with Gasteiger partial charge in [-0.15, -0.1) is 0 Å². The van der Waals surface area contributed by atoms with Crippen molar-refractivity contribution in [3.63, 3.8) is 0 Å². The maximum absolute atomic E-state index is 12.0. The Morgan fingerprint density at radius 1 is 1.35 bits per heavy atom. The first-order chi connectivity index (χ1) is 7.97. The molecular formula is C12H15N3O2. The molecule has 0 unspecified atom stereocenters. The molecule has 0 saturated carbocycles. The summed E-state index contributed by atoms with van der Waals surface area (Å²) in [5.74, 6) is 1.85. The van der Waals surface area contributed by atoms with Crippen molar-refractivity contribution in [2.24, 2.45) is 7.05 Å². The first-order valence-electron chi connectivity index (χ1n) is 5.36. The number of furan rings is 1. The molecule has 0 spiro atoms. The molecule has 1 N–H and O–H groups in total. The number of aryl methyl sites for hydroxylation is 4. The number of carbonyl (C=O) groups is 1. The van der Waals surface area contributed by atoms with E-state index >= 15 is 0 Å². The predicted octanol–water partition coefficient (Wildman–Crippen LogP) is 2.19. The molecular weight excluding hydrogens is 218 g/mol. The van der Waals surface area contributed by atoms with Gasteiger partial charge in [-0.3, -0.25) is 9.48 Å². The van der Waals surface area contributed by atoms with Gasteiger partial charge in [0, 0.05) is 13.1 Å². The maximum atomic E-state index is 12.0. The highest BCUT2D eigenvalue weighted by atomic mass is 16.3. The highest BCUT2D eigenvalue weighted by molar-refractivity contribution is 6.04. The van der Waals surface area contributed by atoms with Crippen LogP contribution in [0.1, 0.15) is 27.6 Å². The summed E-state index contributed by atoms with van der Waals surface area (Å²) in [6.07, 6.45) is 0. The van der Waals surface area contributed by atoms with Gasteiger partial charge in [0.25, 0.3) is 5.91 Å². The smallest absolute Gasteiger partial charge is 0.260 e. The van der Waals surface area contributed by atoms with Crippen molar-refractivity contribution in [1.29, 1.82) is 0 Å². The third kappa shape index (κ3) is 2.22. The van der Waals surface area contributed by atoms with Crippen molar-refractivity contribution in [1.82, 2.24) is 9.78 Å². The molecule has 0 aliphatic rings. The third-order valence-electron chi connectivity index (χ3n) is 2.53. The lowest BCUT2D eigenvalue weighted by molar-refractivity contribution is 0.102. The standard InChI is InChI=1S/C12H15N3O2/c1-7-5-11(15(4)14-7)13-12(16)10-6-8(2)17-9(10)3/h5-6H,1-4H3,(H,13,16). The number of hydrogen-bond acceptors (Lipinski definition) is 3. The molecule has 0 saturated heterocycles. The molecule has 0 radical (unpaired) electrons. The van der Waals surface area contributed by atoms with Gasteiger partial charge >= 0.3 is 0 Å². The van der Waals surface area contributed by atoms with Crippen LogP contribution in [0.25, 0.3) is 0 Å². The number of rotatable bonds is 2. The number of aromatic nitrogens is 2. The van der Waals surface area contributed by atoms with E-state index in [1.807, 2.05) is 19.9 Å². The summed E-state index contributed by atoms with van der Waals surface area (Å²) in [6, 6.07) is 3.55. The number of hydrogen-bond donors (Lipinski definition) is 1. The van der Waals surface area contributed by atoms with Gasteiger partial charge in [-0.05, 0) is 26.8 Å². The fraction of sp³-hybridized carbons (Fsp3) is 0.333. The minimum atomic E-state index is -0.178. The van der Waals surface area contributed by atoms with Crippen molar-refractivity contribution in [2.75, 3.05) is 5.32 Å². The minimum absolute atomic E-state index is 0.178. The van der Waals surface area contributed by atoms with E-state index in [1.165, 1.54) is 0 Å². The number of nitrogens with zero attached hydrogens (tertiary/aromatic N) is 2. The van der Waals surface area contributed by atoms with E-state index in [-0.39, 0.29) is 5.91 Å². The van der Waals surface area contributed by atoms with Crippen LogP contribution in [-0.4, -0.2) is 15.7 Å². The molecule has 0 fully saturated rings. The fourth-order valence-corrected chi connectivity index (χ4v) is 1.77. The van der Waals surface area contributed by atoms with Crippen LogP contribution in [-0.2, 0) is 7.05 Å². The Balaban J connectivity index is 2.22. The molecule has 2 aromatic heterocycles. The van der Waals surface area contributed by atoms with E-state index in [1.54, 1.807) is 24.7 Å². The zero-order valence-electron chi connectivity index (χ0n) is 10.4. The molecule has 0 aliphatic carbocycles. The van der Waals surface area contributed by atoms with Gasteiger partial charge in [-0.1, -0.05) is 0 Å². The maximum Gasteiger partial charge on any atom is 0.260 e. The number of amides is 1. The normalized spacial score (nSPS) is 10.6. The lowest BCUT2D eigenvalue weighted by atomic mass is 10.2. The molecule has 1 amide bonds. The zero-order valence-corrected chi connectivity index (χ0v) is 10.4. The molecule has 0 aromatic carbocycles. The summed E-state index contributed by atoms with van der Waals surface area (Å²) in [4.78, 5) is 12.0. The highest BCUT2D eigenvalue weighted by Gasteiger charge is 2.15. The first kappa shape index (κ1) is 11.4. The van der Waals surface area contributed by atoms with Crippen LogP contribution in [0.4, 0.5) is 5.82 Å². The van der Waals surface area contributed by atoms with E-state index < -0.39 is 0 Å². The fourth-order valence-electron chi connectivity index (χ4n) is 1.77. The molecule has 2 heterocycles. The Bertz CT molecular complexity index is 566. The Kier molecular flexibility index (Phi) is 2.75. The Morgan fingerprint density at radius 2 is 2.06 bits per heavy atom. The zero-order chi connectivity index (χ0) is 12.6. The quantitative estimate of drug-likeness (QED) is 0.864. The second-order valence-corrected chi connectivity index (χ2v) is 4.08. The third-order valence-corrected chi connectivity index (χ3v) is 2.53. The topological polar surface area (TPSA) is 60.1 Å².